The van der Waals surface area contributed by atoms with E-state index in [0.717, 1.165) is 31.4 Å². The number of aromatic nitrogens is 2. The Bertz CT molecular complexity index is 715. The van der Waals surface area contributed by atoms with Gasteiger partial charge in [0.15, 0.2) is 0 Å². The van der Waals surface area contributed by atoms with Crippen LogP contribution < -0.4 is 5.32 Å². The molecule has 1 aromatic heterocycles. The Morgan fingerprint density at radius 3 is 2.83 bits per heavy atom. The summed E-state index contributed by atoms with van der Waals surface area (Å²) in [5.41, 5.74) is 1.84. The second kappa shape index (κ2) is 7.36. The highest BCUT2D eigenvalue weighted by Crippen LogP contribution is 2.25. The first-order valence-electron chi connectivity index (χ1n) is 8.33. The topological polar surface area (TPSA) is 67.2 Å². The number of aryl methyl sites for hydroxylation is 1. The molecular formula is C18H22ClN3O2. The highest BCUT2D eigenvalue weighted by molar-refractivity contribution is 6.33. The van der Waals surface area contributed by atoms with Crippen molar-refractivity contribution >= 4 is 17.5 Å². The summed E-state index contributed by atoms with van der Waals surface area (Å²) in [5, 5.41) is 17.4. The van der Waals surface area contributed by atoms with Crippen molar-refractivity contribution in [2.24, 2.45) is 5.92 Å². The standard InChI is InChI=1S/C18H22ClN3O2/c1-12-16(17(19)22(21-12)14-7-3-2-4-8-14)18(24)20-11-13-6-5-9-15(23)10-13/h2-4,7-8,13,15,23H,5-6,9-11H2,1H3,(H,20,24). The zero-order valence-corrected chi connectivity index (χ0v) is 14.5. The van der Waals surface area contributed by atoms with Crippen LogP contribution in [0.2, 0.25) is 5.15 Å². The number of hydrogen-bond acceptors (Lipinski definition) is 3. The lowest BCUT2D eigenvalue weighted by atomic mass is 9.87. The van der Waals surface area contributed by atoms with Crippen molar-refractivity contribution in [3.05, 3.63) is 46.7 Å². The van der Waals surface area contributed by atoms with Gasteiger partial charge in [0.25, 0.3) is 5.91 Å². The van der Waals surface area contributed by atoms with Crippen LogP contribution in [0.15, 0.2) is 30.3 Å². The van der Waals surface area contributed by atoms with Crippen LogP contribution in [0.1, 0.15) is 41.7 Å². The molecule has 1 heterocycles. The summed E-state index contributed by atoms with van der Waals surface area (Å²) in [7, 11) is 0. The molecule has 0 aliphatic heterocycles. The Labute approximate surface area is 146 Å². The summed E-state index contributed by atoms with van der Waals surface area (Å²) < 4.78 is 1.58. The van der Waals surface area contributed by atoms with Gasteiger partial charge in [-0.15, -0.1) is 0 Å². The van der Waals surface area contributed by atoms with E-state index in [1.54, 1.807) is 11.6 Å². The predicted molar refractivity (Wildman–Crippen MR) is 93.6 cm³/mol. The number of carbonyl (C=O) groups is 1. The zero-order chi connectivity index (χ0) is 17.1. The molecule has 2 unspecified atom stereocenters. The van der Waals surface area contributed by atoms with Crippen molar-refractivity contribution in [1.29, 1.82) is 0 Å². The number of rotatable bonds is 4. The molecule has 0 saturated heterocycles. The van der Waals surface area contributed by atoms with Gasteiger partial charge in [-0.1, -0.05) is 36.2 Å². The lowest BCUT2D eigenvalue weighted by Gasteiger charge is -2.25. The molecule has 1 aliphatic carbocycles. The lowest BCUT2D eigenvalue weighted by molar-refractivity contribution is 0.0873. The molecule has 6 heteroatoms. The second-order valence-corrected chi connectivity index (χ2v) is 6.75. The molecule has 1 aliphatic rings. The van der Waals surface area contributed by atoms with Gasteiger partial charge in [-0.3, -0.25) is 4.79 Å². The lowest BCUT2D eigenvalue weighted by Crippen LogP contribution is -2.33. The van der Waals surface area contributed by atoms with E-state index in [1.165, 1.54) is 0 Å². The van der Waals surface area contributed by atoms with Gasteiger partial charge in [-0.2, -0.15) is 5.10 Å². The third-order valence-corrected chi connectivity index (χ3v) is 4.89. The molecule has 5 nitrogen and oxygen atoms in total. The zero-order valence-electron chi connectivity index (χ0n) is 13.7. The third kappa shape index (κ3) is 3.62. The summed E-state index contributed by atoms with van der Waals surface area (Å²) in [6.07, 6.45) is 3.41. The van der Waals surface area contributed by atoms with Crippen LogP contribution in [0.4, 0.5) is 0 Å². The molecule has 2 atom stereocenters. The quantitative estimate of drug-likeness (QED) is 0.893. The first-order chi connectivity index (χ1) is 11.6. The van der Waals surface area contributed by atoms with E-state index >= 15 is 0 Å². The summed E-state index contributed by atoms with van der Waals surface area (Å²) in [5.74, 6) is 0.112. The molecule has 0 spiro atoms. The van der Waals surface area contributed by atoms with Gasteiger partial charge in [-0.05, 0) is 44.2 Å². The minimum Gasteiger partial charge on any atom is -0.393 e. The van der Waals surface area contributed by atoms with Crippen molar-refractivity contribution in [3.8, 4) is 5.69 Å². The number of hydrogen-bond donors (Lipinski definition) is 2. The molecule has 24 heavy (non-hydrogen) atoms. The van der Waals surface area contributed by atoms with Crippen molar-refractivity contribution in [2.75, 3.05) is 6.54 Å². The van der Waals surface area contributed by atoms with Crippen LogP contribution in [-0.4, -0.2) is 33.4 Å². The summed E-state index contributed by atoms with van der Waals surface area (Å²) >= 11 is 6.40. The van der Waals surface area contributed by atoms with Crippen molar-refractivity contribution in [3.63, 3.8) is 0 Å². The maximum Gasteiger partial charge on any atom is 0.256 e. The molecule has 2 aromatic rings. The van der Waals surface area contributed by atoms with Crippen LogP contribution in [-0.2, 0) is 0 Å². The van der Waals surface area contributed by atoms with E-state index in [0.29, 0.717) is 28.9 Å². The normalized spacial score (nSPS) is 20.8. The van der Waals surface area contributed by atoms with Crippen molar-refractivity contribution in [2.45, 2.75) is 38.7 Å². The van der Waals surface area contributed by atoms with Crippen molar-refractivity contribution < 1.29 is 9.90 Å². The van der Waals surface area contributed by atoms with Gasteiger partial charge in [0.1, 0.15) is 5.15 Å². The van der Waals surface area contributed by atoms with Gasteiger partial charge < -0.3 is 10.4 Å². The van der Waals surface area contributed by atoms with Crippen LogP contribution in [0.3, 0.4) is 0 Å². The maximum atomic E-state index is 12.5. The van der Waals surface area contributed by atoms with Gasteiger partial charge in [0.05, 0.1) is 23.0 Å². The molecule has 2 N–H and O–H groups in total. The Hall–Kier alpha value is -1.85. The number of nitrogens with zero attached hydrogens (tertiary/aromatic N) is 2. The van der Waals surface area contributed by atoms with E-state index in [1.807, 2.05) is 30.3 Å². The molecule has 0 bridgehead atoms. The first-order valence-corrected chi connectivity index (χ1v) is 8.71. The molecule has 1 amide bonds. The van der Waals surface area contributed by atoms with E-state index in [4.69, 9.17) is 11.6 Å². The molecule has 3 rings (SSSR count). The van der Waals surface area contributed by atoms with E-state index < -0.39 is 0 Å². The molecule has 128 valence electrons. The molecule has 0 radical (unpaired) electrons. The van der Waals surface area contributed by atoms with E-state index in [-0.39, 0.29) is 12.0 Å². The van der Waals surface area contributed by atoms with Gasteiger partial charge >= 0.3 is 0 Å². The first kappa shape index (κ1) is 17.0. The Morgan fingerprint density at radius 1 is 1.38 bits per heavy atom. The van der Waals surface area contributed by atoms with Gasteiger partial charge in [0, 0.05) is 6.54 Å². The number of carbonyl (C=O) groups excluding carboxylic acids is 1. The van der Waals surface area contributed by atoms with Crippen LogP contribution in [0, 0.1) is 12.8 Å². The highest BCUT2D eigenvalue weighted by atomic mass is 35.5. The Balaban J connectivity index is 1.72. The van der Waals surface area contributed by atoms with Gasteiger partial charge in [0.2, 0.25) is 0 Å². The molecule has 1 fully saturated rings. The third-order valence-electron chi connectivity index (χ3n) is 4.54. The Kier molecular flexibility index (Phi) is 5.21. The molecule has 1 aromatic carbocycles. The average molecular weight is 348 g/mol. The van der Waals surface area contributed by atoms with Crippen molar-refractivity contribution in [1.82, 2.24) is 15.1 Å². The monoisotopic (exact) mass is 347 g/mol. The fourth-order valence-corrected chi connectivity index (χ4v) is 3.63. The SMILES string of the molecule is Cc1nn(-c2ccccc2)c(Cl)c1C(=O)NCC1CCCC(O)C1. The minimum absolute atomic E-state index is 0.209. The number of aliphatic hydroxyl groups excluding tert-OH is 1. The summed E-state index contributed by atoms with van der Waals surface area (Å²) in [6.45, 7) is 2.34. The minimum atomic E-state index is -0.244. The number of nitrogens with one attached hydrogen (secondary N) is 1. The number of amides is 1. The number of halogens is 1. The second-order valence-electron chi connectivity index (χ2n) is 6.40. The van der Waals surface area contributed by atoms with Gasteiger partial charge in [-0.25, -0.2) is 4.68 Å². The van der Waals surface area contributed by atoms with Crippen LogP contribution >= 0.6 is 11.6 Å². The summed E-state index contributed by atoms with van der Waals surface area (Å²) in [6, 6.07) is 9.50. The fraction of sp³-hybridized carbons (Fsp3) is 0.444. The maximum absolute atomic E-state index is 12.5. The number of aliphatic hydroxyl groups is 1. The molecular weight excluding hydrogens is 326 g/mol. The largest absolute Gasteiger partial charge is 0.393 e. The smallest absolute Gasteiger partial charge is 0.256 e. The average Bonchev–Trinajstić information content (AvgIpc) is 2.88. The predicted octanol–water partition coefficient (Wildman–Crippen LogP) is 3.12. The highest BCUT2D eigenvalue weighted by Gasteiger charge is 2.24. The number of para-hydroxylation sites is 1. The molecule has 1 saturated carbocycles. The van der Waals surface area contributed by atoms with Crippen LogP contribution in [0.5, 0.6) is 0 Å². The van der Waals surface area contributed by atoms with E-state index in [2.05, 4.69) is 10.4 Å². The van der Waals surface area contributed by atoms with Crippen LogP contribution in [0.25, 0.3) is 5.69 Å². The Morgan fingerprint density at radius 2 is 2.12 bits per heavy atom. The fourth-order valence-electron chi connectivity index (χ4n) is 3.27. The van der Waals surface area contributed by atoms with E-state index in [9.17, 15) is 9.90 Å². The number of benzene rings is 1. The summed E-state index contributed by atoms with van der Waals surface area (Å²) in [4.78, 5) is 12.5.